The molecule has 0 spiro atoms. The number of halogens is 1. The first-order chi connectivity index (χ1) is 14.2. The lowest BCUT2D eigenvalue weighted by Crippen LogP contribution is -2.70. The Morgan fingerprint density at radius 2 is 1.77 bits per heavy atom. The van der Waals surface area contributed by atoms with Crippen molar-refractivity contribution in [3.8, 4) is 0 Å². The third-order valence-electron chi connectivity index (χ3n) is 6.06. The first-order valence-corrected chi connectivity index (χ1v) is 9.73. The van der Waals surface area contributed by atoms with Gasteiger partial charge in [0.05, 0.1) is 10.5 Å². The van der Waals surface area contributed by atoms with Gasteiger partial charge in [0.2, 0.25) is 11.8 Å². The van der Waals surface area contributed by atoms with Gasteiger partial charge in [-0.05, 0) is 18.1 Å². The Morgan fingerprint density at radius 1 is 1.10 bits per heavy atom. The van der Waals surface area contributed by atoms with Crippen LogP contribution in [0, 0.1) is 15.9 Å². The molecule has 1 aliphatic rings. The quantitative estimate of drug-likeness (QED) is 0.538. The van der Waals surface area contributed by atoms with E-state index in [1.54, 1.807) is 7.05 Å². The largest absolute Gasteiger partial charge is 0.331 e. The lowest BCUT2D eigenvalue weighted by atomic mass is 9.81. The molecule has 0 aromatic heterocycles. The Kier molecular flexibility index (Phi) is 5.87. The minimum Gasteiger partial charge on any atom is -0.331 e. The molecule has 0 N–H and O–H groups in total. The summed E-state index contributed by atoms with van der Waals surface area (Å²) in [7, 11) is 3.07. The van der Waals surface area contributed by atoms with Gasteiger partial charge in [0.15, 0.2) is 0 Å². The topological polar surface area (TPSA) is 83.8 Å². The van der Waals surface area contributed by atoms with Gasteiger partial charge in [-0.2, -0.15) is 0 Å². The SMILES string of the molecule is CCC1(Cc2ccccc2)C(=O)N(C)C(Cc2c(F)cccc2[N+](=O)[O-])C(=O)N1C. The van der Waals surface area contributed by atoms with Crippen molar-refractivity contribution < 1.29 is 18.9 Å². The van der Waals surface area contributed by atoms with E-state index in [4.69, 9.17) is 0 Å². The van der Waals surface area contributed by atoms with Gasteiger partial charge in [-0.25, -0.2) is 4.39 Å². The summed E-state index contributed by atoms with van der Waals surface area (Å²) >= 11 is 0. The van der Waals surface area contributed by atoms with Crippen molar-refractivity contribution in [2.45, 2.75) is 37.8 Å². The highest BCUT2D eigenvalue weighted by Gasteiger charge is 2.52. The smallest absolute Gasteiger partial charge is 0.275 e. The third kappa shape index (κ3) is 3.53. The molecule has 1 aliphatic heterocycles. The van der Waals surface area contributed by atoms with Gasteiger partial charge in [0.1, 0.15) is 17.4 Å². The molecule has 1 heterocycles. The molecule has 2 unspecified atom stereocenters. The highest BCUT2D eigenvalue weighted by molar-refractivity contribution is 6.00. The molecule has 1 fully saturated rings. The Labute approximate surface area is 174 Å². The molecule has 0 aliphatic carbocycles. The van der Waals surface area contributed by atoms with Gasteiger partial charge < -0.3 is 9.80 Å². The molecule has 2 amide bonds. The number of piperazine rings is 1. The number of likely N-dealkylation sites (N-methyl/N-ethyl adjacent to an activating group) is 2. The van der Waals surface area contributed by atoms with Gasteiger partial charge in [-0.3, -0.25) is 19.7 Å². The average molecular weight is 413 g/mol. The number of carbonyl (C=O) groups is 2. The van der Waals surface area contributed by atoms with Crippen LogP contribution in [0.4, 0.5) is 10.1 Å². The van der Waals surface area contributed by atoms with Crippen LogP contribution in [0.3, 0.4) is 0 Å². The fraction of sp³-hybridized carbons (Fsp3) is 0.364. The normalized spacial score (nSPS) is 21.8. The van der Waals surface area contributed by atoms with Gasteiger partial charge in [-0.1, -0.05) is 43.3 Å². The molecule has 158 valence electrons. The second-order valence-electron chi connectivity index (χ2n) is 7.58. The van der Waals surface area contributed by atoms with E-state index in [0.29, 0.717) is 12.8 Å². The lowest BCUT2D eigenvalue weighted by molar-refractivity contribution is -0.385. The lowest BCUT2D eigenvalue weighted by Gasteiger charge is -2.50. The molecular formula is C22H24FN3O4. The molecule has 8 heteroatoms. The van der Waals surface area contributed by atoms with E-state index in [1.165, 1.54) is 29.0 Å². The van der Waals surface area contributed by atoms with E-state index in [-0.39, 0.29) is 23.8 Å². The number of carbonyl (C=O) groups excluding carboxylic acids is 2. The monoisotopic (exact) mass is 413 g/mol. The fourth-order valence-electron chi connectivity index (χ4n) is 4.19. The molecule has 2 aromatic rings. The second-order valence-corrected chi connectivity index (χ2v) is 7.58. The van der Waals surface area contributed by atoms with Crippen LogP contribution in [0.2, 0.25) is 0 Å². The summed E-state index contributed by atoms with van der Waals surface area (Å²) in [6.07, 6.45) is 0.488. The van der Waals surface area contributed by atoms with E-state index >= 15 is 0 Å². The van der Waals surface area contributed by atoms with E-state index in [1.807, 2.05) is 37.3 Å². The second kappa shape index (κ2) is 8.22. The molecule has 7 nitrogen and oxygen atoms in total. The van der Waals surface area contributed by atoms with Gasteiger partial charge >= 0.3 is 0 Å². The maximum Gasteiger partial charge on any atom is 0.275 e. The van der Waals surface area contributed by atoms with Crippen LogP contribution in [-0.4, -0.2) is 52.2 Å². The summed E-state index contributed by atoms with van der Waals surface area (Å²) in [5.41, 5.74) is -0.724. The highest BCUT2D eigenvalue weighted by Crippen LogP contribution is 2.34. The Morgan fingerprint density at radius 3 is 2.37 bits per heavy atom. The van der Waals surface area contributed by atoms with Gasteiger partial charge in [0.25, 0.3) is 5.69 Å². The minimum atomic E-state index is -1.06. The fourth-order valence-corrected chi connectivity index (χ4v) is 4.19. The summed E-state index contributed by atoms with van der Waals surface area (Å²) < 4.78 is 14.4. The highest BCUT2D eigenvalue weighted by atomic mass is 19.1. The minimum absolute atomic E-state index is 0.180. The van der Waals surface area contributed by atoms with Crippen LogP contribution in [-0.2, 0) is 22.4 Å². The number of nitro groups is 1. The molecule has 1 saturated heterocycles. The summed E-state index contributed by atoms with van der Waals surface area (Å²) in [5.74, 6) is -1.40. The van der Waals surface area contributed by atoms with E-state index in [0.717, 1.165) is 11.6 Å². The first kappa shape index (κ1) is 21.4. The van der Waals surface area contributed by atoms with Crippen LogP contribution in [0.1, 0.15) is 24.5 Å². The predicted molar refractivity (Wildman–Crippen MR) is 109 cm³/mol. The number of nitrogens with zero attached hydrogens (tertiary/aromatic N) is 3. The molecule has 0 bridgehead atoms. The van der Waals surface area contributed by atoms with Gasteiger partial charge in [-0.15, -0.1) is 0 Å². The molecule has 2 aromatic carbocycles. The standard InChI is InChI=1S/C22H24FN3O4/c1-4-22(14-15-9-6-5-7-10-15)21(28)24(2)19(20(27)25(22)3)13-16-17(23)11-8-12-18(16)26(29)30/h5-12,19H,4,13-14H2,1-3H3. The molecule has 2 atom stereocenters. The molecule has 0 saturated carbocycles. The average Bonchev–Trinajstić information content (AvgIpc) is 2.74. The summed E-state index contributed by atoms with van der Waals surface area (Å²) in [6, 6.07) is 12.0. The van der Waals surface area contributed by atoms with Crippen LogP contribution < -0.4 is 0 Å². The Hall–Kier alpha value is -3.29. The summed E-state index contributed by atoms with van der Waals surface area (Å²) in [6.45, 7) is 1.85. The van der Waals surface area contributed by atoms with Crippen molar-refractivity contribution in [1.82, 2.24) is 9.80 Å². The van der Waals surface area contributed by atoms with Crippen molar-refractivity contribution in [3.63, 3.8) is 0 Å². The summed E-state index contributed by atoms with van der Waals surface area (Å²) in [4.78, 5) is 40.1. The van der Waals surface area contributed by atoms with Crippen LogP contribution in [0.15, 0.2) is 48.5 Å². The molecule has 3 rings (SSSR count). The van der Waals surface area contributed by atoms with Crippen LogP contribution in [0.5, 0.6) is 0 Å². The number of hydrogen-bond donors (Lipinski definition) is 0. The van der Waals surface area contributed by atoms with Crippen molar-refractivity contribution >= 4 is 17.5 Å². The Balaban J connectivity index is 1.97. The van der Waals surface area contributed by atoms with Crippen molar-refractivity contribution in [1.29, 1.82) is 0 Å². The van der Waals surface area contributed by atoms with E-state index in [9.17, 15) is 24.1 Å². The van der Waals surface area contributed by atoms with Crippen LogP contribution in [0.25, 0.3) is 0 Å². The zero-order valence-electron chi connectivity index (χ0n) is 17.2. The van der Waals surface area contributed by atoms with Crippen molar-refractivity contribution in [2.75, 3.05) is 14.1 Å². The number of nitro benzene ring substituents is 1. The molecular weight excluding hydrogens is 389 g/mol. The first-order valence-electron chi connectivity index (χ1n) is 9.73. The van der Waals surface area contributed by atoms with E-state index in [2.05, 4.69) is 0 Å². The third-order valence-corrected chi connectivity index (χ3v) is 6.06. The van der Waals surface area contributed by atoms with Crippen molar-refractivity contribution in [2.24, 2.45) is 0 Å². The maximum absolute atomic E-state index is 14.4. The Bertz CT molecular complexity index is 982. The molecule has 30 heavy (non-hydrogen) atoms. The number of benzene rings is 2. The number of amides is 2. The van der Waals surface area contributed by atoms with Gasteiger partial charge in [0, 0.05) is 33.0 Å². The zero-order valence-corrected chi connectivity index (χ0v) is 17.2. The predicted octanol–water partition coefficient (Wildman–Crippen LogP) is 2.97. The maximum atomic E-state index is 14.4. The number of hydrogen-bond acceptors (Lipinski definition) is 4. The van der Waals surface area contributed by atoms with E-state index < -0.39 is 28.0 Å². The molecule has 0 radical (unpaired) electrons. The van der Waals surface area contributed by atoms with Crippen molar-refractivity contribution in [3.05, 3.63) is 75.6 Å². The summed E-state index contributed by atoms with van der Waals surface area (Å²) in [5, 5.41) is 11.3. The zero-order chi connectivity index (χ0) is 22.1. The number of rotatable bonds is 6. The van der Waals surface area contributed by atoms with Crippen LogP contribution >= 0.6 is 0 Å².